The van der Waals surface area contributed by atoms with E-state index in [1.54, 1.807) is 11.3 Å². The van der Waals surface area contributed by atoms with E-state index < -0.39 is 0 Å². The van der Waals surface area contributed by atoms with E-state index in [0.29, 0.717) is 6.54 Å². The molecule has 0 aliphatic rings. The standard InChI is InChI=1S/C13H16N2S/c1-3-10-4-6-11(7-5-10)13-15-12(8-14)9(2)16-13/h4-7H,3,8,14H2,1-2H3. The first-order valence-electron chi connectivity index (χ1n) is 5.50. The molecule has 0 aliphatic heterocycles. The Kier molecular flexibility index (Phi) is 3.36. The van der Waals surface area contributed by atoms with Crippen molar-refractivity contribution >= 4 is 11.3 Å². The van der Waals surface area contributed by atoms with Crippen LogP contribution in [0.3, 0.4) is 0 Å². The molecular formula is C13H16N2S. The van der Waals surface area contributed by atoms with Crippen LogP contribution in [0.2, 0.25) is 0 Å². The molecule has 2 rings (SSSR count). The first kappa shape index (κ1) is 11.3. The third-order valence-electron chi connectivity index (χ3n) is 2.70. The van der Waals surface area contributed by atoms with E-state index >= 15 is 0 Å². The second-order valence-corrected chi connectivity index (χ2v) is 4.98. The van der Waals surface area contributed by atoms with Gasteiger partial charge in [0.25, 0.3) is 0 Å². The summed E-state index contributed by atoms with van der Waals surface area (Å²) < 4.78 is 0. The minimum absolute atomic E-state index is 0.523. The third-order valence-corrected chi connectivity index (χ3v) is 3.76. The molecule has 1 aromatic heterocycles. The molecule has 2 nitrogen and oxygen atoms in total. The maximum atomic E-state index is 5.63. The van der Waals surface area contributed by atoms with Crippen molar-refractivity contribution in [1.29, 1.82) is 0 Å². The number of hydrogen-bond acceptors (Lipinski definition) is 3. The van der Waals surface area contributed by atoms with Gasteiger partial charge in [-0.25, -0.2) is 4.98 Å². The number of thiazole rings is 1. The predicted molar refractivity (Wildman–Crippen MR) is 69.6 cm³/mol. The highest BCUT2D eigenvalue weighted by molar-refractivity contribution is 7.15. The first-order valence-corrected chi connectivity index (χ1v) is 6.32. The van der Waals surface area contributed by atoms with E-state index in [1.165, 1.54) is 16.0 Å². The molecule has 0 radical (unpaired) electrons. The molecule has 1 heterocycles. The lowest BCUT2D eigenvalue weighted by atomic mass is 10.1. The van der Waals surface area contributed by atoms with Crippen molar-refractivity contribution in [2.24, 2.45) is 5.73 Å². The lowest BCUT2D eigenvalue weighted by molar-refractivity contribution is 0.998. The Hall–Kier alpha value is -1.19. The Bertz CT molecular complexity index is 471. The molecule has 0 spiro atoms. The van der Waals surface area contributed by atoms with E-state index in [0.717, 1.165) is 17.1 Å². The second-order valence-electron chi connectivity index (χ2n) is 3.78. The van der Waals surface area contributed by atoms with Crippen LogP contribution in [0.4, 0.5) is 0 Å². The number of nitrogens with two attached hydrogens (primary N) is 1. The Morgan fingerprint density at radius 1 is 1.25 bits per heavy atom. The SMILES string of the molecule is CCc1ccc(-c2nc(CN)c(C)s2)cc1. The van der Waals surface area contributed by atoms with Gasteiger partial charge in [-0.15, -0.1) is 11.3 Å². The highest BCUT2D eigenvalue weighted by Gasteiger charge is 2.07. The monoisotopic (exact) mass is 232 g/mol. The molecule has 84 valence electrons. The minimum Gasteiger partial charge on any atom is -0.325 e. The summed E-state index contributed by atoms with van der Waals surface area (Å²) in [6.45, 7) is 4.76. The first-order chi connectivity index (χ1) is 7.74. The lowest BCUT2D eigenvalue weighted by Gasteiger charge is -1.98. The molecule has 1 aromatic carbocycles. The zero-order valence-corrected chi connectivity index (χ0v) is 10.5. The average Bonchev–Trinajstić information content (AvgIpc) is 2.71. The molecule has 16 heavy (non-hydrogen) atoms. The van der Waals surface area contributed by atoms with Gasteiger partial charge in [-0.05, 0) is 18.9 Å². The molecule has 0 unspecified atom stereocenters. The summed E-state index contributed by atoms with van der Waals surface area (Å²) in [5.74, 6) is 0. The topological polar surface area (TPSA) is 38.9 Å². The number of aromatic nitrogens is 1. The largest absolute Gasteiger partial charge is 0.325 e. The normalized spacial score (nSPS) is 10.7. The van der Waals surface area contributed by atoms with Crippen molar-refractivity contribution in [3.8, 4) is 10.6 Å². The van der Waals surface area contributed by atoms with Gasteiger partial charge in [0.05, 0.1) is 5.69 Å². The van der Waals surface area contributed by atoms with Crippen LogP contribution in [0.25, 0.3) is 10.6 Å². The average molecular weight is 232 g/mol. The molecule has 0 aliphatic carbocycles. The van der Waals surface area contributed by atoms with Crippen molar-refractivity contribution < 1.29 is 0 Å². The maximum Gasteiger partial charge on any atom is 0.123 e. The van der Waals surface area contributed by atoms with Gasteiger partial charge in [-0.1, -0.05) is 31.2 Å². The fraction of sp³-hybridized carbons (Fsp3) is 0.308. The van der Waals surface area contributed by atoms with Crippen LogP contribution < -0.4 is 5.73 Å². The highest BCUT2D eigenvalue weighted by Crippen LogP contribution is 2.27. The van der Waals surface area contributed by atoms with E-state index in [4.69, 9.17) is 5.73 Å². The zero-order chi connectivity index (χ0) is 11.5. The van der Waals surface area contributed by atoms with Gasteiger partial charge in [0.1, 0.15) is 5.01 Å². The smallest absolute Gasteiger partial charge is 0.123 e. The fourth-order valence-corrected chi connectivity index (χ4v) is 2.57. The maximum absolute atomic E-state index is 5.63. The summed E-state index contributed by atoms with van der Waals surface area (Å²) in [5, 5.41) is 1.07. The molecule has 0 bridgehead atoms. The molecule has 0 amide bonds. The van der Waals surface area contributed by atoms with Crippen molar-refractivity contribution in [3.05, 3.63) is 40.4 Å². The van der Waals surface area contributed by atoms with Gasteiger partial charge in [0, 0.05) is 17.0 Å². The zero-order valence-electron chi connectivity index (χ0n) is 9.66. The Morgan fingerprint density at radius 2 is 1.94 bits per heavy atom. The van der Waals surface area contributed by atoms with Crippen LogP contribution in [0.5, 0.6) is 0 Å². The number of nitrogens with zero attached hydrogens (tertiary/aromatic N) is 1. The highest BCUT2D eigenvalue weighted by atomic mass is 32.1. The van der Waals surface area contributed by atoms with E-state index in [-0.39, 0.29) is 0 Å². The molecule has 3 heteroatoms. The number of benzene rings is 1. The van der Waals surface area contributed by atoms with Crippen molar-refractivity contribution in [1.82, 2.24) is 4.98 Å². The van der Waals surface area contributed by atoms with E-state index in [9.17, 15) is 0 Å². The summed E-state index contributed by atoms with van der Waals surface area (Å²) in [4.78, 5) is 5.77. The van der Waals surface area contributed by atoms with E-state index in [1.807, 2.05) is 0 Å². The quantitative estimate of drug-likeness (QED) is 0.883. The Labute approximate surface area is 100 Å². The molecule has 0 saturated heterocycles. The fourth-order valence-electron chi connectivity index (χ4n) is 1.62. The summed E-state index contributed by atoms with van der Waals surface area (Å²) in [5.41, 5.74) is 9.19. The second kappa shape index (κ2) is 4.76. The van der Waals surface area contributed by atoms with Gasteiger partial charge in [0.2, 0.25) is 0 Å². The van der Waals surface area contributed by atoms with Crippen LogP contribution in [0.15, 0.2) is 24.3 Å². The van der Waals surface area contributed by atoms with Crippen LogP contribution >= 0.6 is 11.3 Å². The van der Waals surface area contributed by atoms with Gasteiger partial charge < -0.3 is 5.73 Å². The van der Waals surface area contributed by atoms with Crippen LogP contribution in [0, 0.1) is 6.92 Å². The van der Waals surface area contributed by atoms with Crippen molar-refractivity contribution in [2.45, 2.75) is 26.8 Å². The van der Waals surface area contributed by atoms with Crippen molar-refractivity contribution in [3.63, 3.8) is 0 Å². The summed E-state index contributed by atoms with van der Waals surface area (Å²) in [6, 6.07) is 8.59. The molecule has 0 saturated carbocycles. The van der Waals surface area contributed by atoms with Crippen LogP contribution in [0.1, 0.15) is 23.1 Å². The molecule has 2 aromatic rings. The molecule has 2 N–H and O–H groups in total. The summed E-state index contributed by atoms with van der Waals surface area (Å²) in [7, 11) is 0. The summed E-state index contributed by atoms with van der Waals surface area (Å²) in [6.07, 6.45) is 1.07. The Morgan fingerprint density at radius 3 is 2.44 bits per heavy atom. The van der Waals surface area contributed by atoms with Crippen LogP contribution in [-0.4, -0.2) is 4.98 Å². The van der Waals surface area contributed by atoms with Crippen molar-refractivity contribution in [2.75, 3.05) is 0 Å². The molecule has 0 atom stereocenters. The van der Waals surface area contributed by atoms with E-state index in [2.05, 4.69) is 43.1 Å². The van der Waals surface area contributed by atoms with Gasteiger partial charge >= 0.3 is 0 Å². The predicted octanol–water partition coefficient (Wildman–Crippen LogP) is 3.14. The Balaban J connectivity index is 2.34. The van der Waals surface area contributed by atoms with Gasteiger partial charge in [-0.2, -0.15) is 0 Å². The lowest BCUT2D eigenvalue weighted by Crippen LogP contribution is -1.97. The minimum atomic E-state index is 0.523. The third kappa shape index (κ3) is 2.15. The number of rotatable bonds is 3. The summed E-state index contributed by atoms with van der Waals surface area (Å²) >= 11 is 1.71. The molecule has 0 fully saturated rings. The number of hydrogen-bond donors (Lipinski definition) is 1. The van der Waals surface area contributed by atoms with Gasteiger partial charge in [-0.3, -0.25) is 0 Å². The van der Waals surface area contributed by atoms with Crippen LogP contribution in [-0.2, 0) is 13.0 Å². The van der Waals surface area contributed by atoms with Gasteiger partial charge in [0.15, 0.2) is 0 Å². The number of aryl methyl sites for hydroxylation is 2. The molecular weight excluding hydrogens is 216 g/mol.